The minimum absolute atomic E-state index is 0.0480. The molecule has 4 aromatic rings. The van der Waals surface area contributed by atoms with Crippen LogP contribution < -0.4 is 9.47 Å². The molecule has 1 unspecified atom stereocenters. The number of oxime groups is 1. The van der Waals surface area contributed by atoms with Gasteiger partial charge < -0.3 is 38.7 Å². The quantitative estimate of drug-likeness (QED) is 0.0225. The van der Waals surface area contributed by atoms with Gasteiger partial charge in [0.25, 0.3) is 0 Å². The first-order valence-corrected chi connectivity index (χ1v) is 29.7. The molecule has 1 saturated heterocycles. The summed E-state index contributed by atoms with van der Waals surface area (Å²) < 4.78 is 34.1. The van der Waals surface area contributed by atoms with Gasteiger partial charge in [0.15, 0.2) is 0 Å². The first-order chi connectivity index (χ1) is 36.9. The summed E-state index contributed by atoms with van der Waals surface area (Å²) in [4.78, 5) is 24.9. The molecule has 2 N–H and O–H groups in total. The van der Waals surface area contributed by atoms with Crippen LogP contribution in [0.3, 0.4) is 0 Å². The minimum Gasteiger partial charge on any atom is -0.459 e. The maximum atomic E-state index is 15.4. The third-order valence-electron chi connectivity index (χ3n) is 15.9. The van der Waals surface area contributed by atoms with Crippen LogP contribution in [0.15, 0.2) is 119 Å². The lowest BCUT2D eigenvalue weighted by Crippen LogP contribution is -2.70. The van der Waals surface area contributed by atoms with E-state index in [9.17, 15) is 10.2 Å². The fourth-order valence-corrected chi connectivity index (χ4v) is 12.6. The molecule has 12 heteroatoms. The van der Waals surface area contributed by atoms with E-state index in [2.05, 4.69) is 74.4 Å². The van der Waals surface area contributed by atoms with Crippen molar-refractivity contribution in [3.8, 4) is 17.2 Å². The molecule has 1 saturated carbocycles. The second-order valence-electron chi connectivity index (χ2n) is 21.0. The van der Waals surface area contributed by atoms with Crippen molar-refractivity contribution in [2.24, 2.45) is 22.9 Å². The van der Waals surface area contributed by atoms with Gasteiger partial charge in [-0.1, -0.05) is 137 Å². The maximum Gasteiger partial charge on any atom is 0.410 e. The predicted octanol–water partition coefficient (Wildman–Crippen LogP) is 15.1. The summed E-state index contributed by atoms with van der Waals surface area (Å²) in [6.45, 7) is 7.90. The van der Waals surface area contributed by atoms with Crippen LogP contribution in [0.1, 0.15) is 152 Å². The summed E-state index contributed by atoms with van der Waals surface area (Å²) in [6.07, 6.45) is 24.6. The molecule has 2 aliphatic carbocycles. The number of hydrogen-bond donors (Lipinski definition) is 2. The van der Waals surface area contributed by atoms with Gasteiger partial charge >= 0.3 is 6.09 Å². The predicted molar refractivity (Wildman–Crippen MR) is 301 cm³/mol. The van der Waals surface area contributed by atoms with Gasteiger partial charge in [0.05, 0.1) is 38.0 Å². The molecule has 0 bridgehead atoms. The standard InChI is InChI=1S/C63H84N2O9S/c1-4-6-7-8-9-10-11-12-13-21-41-70-62(68)65(45-48-27-23-26-46-24-14-15-28-52(46)48)58-44-56(64-74-59-30-18-22-40-69-59)54-42-47(25-16-19-37-66)53(29-17-20-38-67)60-55-43-50(72-49-31-34-51(75-3)35-32-49)33-36-57(55)73-63(58,61(54)60)71-39-5-2/h5,14-15,23-24,26-28,31-36,42-43,47,53,58-61,66-67H,2,4,6-13,16-22,25,29-30,37-41,44-45H2,1,3H3/t47-,53+,58-,59?,60+,61+,63+/m0/s1. The van der Waals surface area contributed by atoms with Crippen LogP contribution >= 0.6 is 11.8 Å². The zero-order valence-corrected chi connectivity index (χ0v) is 45.7. The van der Waals surface area contributed by atoms with Gasteiger partial charge in [-0.3, -0.25) is 4.90 Å². The van der Waals surface area contributed by atoms with E-state index in [1.165, 1.54) is 44.9 Å². The Hall–Kier alpha value is -4.85. The number of carbonyl (C=O) groups excluding carboxylic acids is 1. The van der Waals surface area contributed by atoms with Crippen LogP contribution in [0.5, 0.6) is 17.2 Å². The number of aliphatic hydroxyl groups excluding tert-OH is 2. The SMILES string of the molecule is C=CCO[C@@]12Oc3ccc(Oc4ccc(SC)cc4)cc3[C@H]3[C@H](CCCCO)[C@@H](CCCCO)C=C(C(=NOC4CCCCO4)C[C@@H]1N(Cc1cccc4ccccc14)C(=O)OCCCCCCCCCCCC)[C@H]32. The summed E-state index contributed by atoms with van der Waals surface area (Å²) in [7, 11) is 0. The molecular weight excluding hydrogens is 961 g/mol. The molecule has 0 spiro atoms. The van der Waals surface area contributed by atoms with E-state index >= 15 is 4.79 Å². The molecule has 406 valence electrons. The average Bonchev–Trinajstić information content (AvgIpc) is 3.47. The van der Waals surface area contributed by atoms with Gasteiger partial charge in [0.1, 0.15) is 23.3 Å². The third kappa shape index (κ3) is 14.4. The number of carbonyl (C=O) groups is 1. The van der Waals surface area contributed by atoms with Crippen molar-refractivity contribution in [1.29, 1.82) is 0 Å². The highest BCUT2D eigenvalue weighted by Gasteiger charge is 2.66. The number of ether oxygens (including phenoxy) is 5. The third-order valence-corrected chi connectivity index (χ3v) is 16.7. The summed E-state index contributed by atoms with van der Waals surface area (Å²) in [6, 6.07) is 28.0. The molecule has 7 atom stereocenters. The highest BCUT2D eigenvalue weighted by molar-refractivity contribution is 7.98. The largest absolute Gasteiger partial charge is 0.459 e. The topological polar surface area (TPSA) is 129 Å². The van der Waals surface area contributed by atoms with Gasteiger partial charge in [0, 0.05) is 42.4 Å². The molecule has 8 rings (SSSR count). The number of unbranched alkanes of at least 4 members (excludes halogenated alkanes) is 11. The fourth-order valence-electron chi connectivity index (χ4n) is 12.2. The summed E-state index contributed by atoms with van der Waals surface area (Å²) in [5.41, 5.74) is 3.66. The number of aliphatic hydroxyl groups is 2. The highest BCUT2D eigenvalue weighted by Crippen LogP contribution is 2.62. The first kappa shape index (κ1) is 56.4. The fraction of sp³-hybridized carbons (Fsp3) is 0.556. The molecular formula is C63H84N2O9S. The van der Waals surface area contributed by atoms with Crippen molar-refractivity contribution in [3.05, 3.63) is 120 Å². The van der Waals surface area contributed by atoms with Gasteiger partial charge in [-0.2, -0.15) is 0 Å². The summed E-state index contributed by atoms with van der Waals surface area (Å²) >= 11 is 1.69. The first-order valence-electron chi connectivity index (χ1n) is 28.5. The molecule has 2 fully saturated rings. The normalized spacial score (nSPS) is 23.4. The monoisotopic (exact) mass is 1040 g/mol. The van der Waals surface area contributed by atoms with E-state index in [-0.39, 0.29) is 50.5 Å². The van der Waals surface area contributed by atoms with Crippen molar-refractivity contribution < 1.29 is 43.5 Å². The Balaban J connectivity index is 1.25. The zero-order chi connectivity index (χ0) is 52.2. The Morgan fingerprint density at radius 2 is 1.59 bits per heavy atom. The number of benzene rings is 4. The van der Waals surface area contributed by atoms with Gasteiger partial charge in [-0.15, -0.1) is 18.3 Å². The van der Waals surface area contributed by atoms with E-state index in [0.717, 1.165) is 108 Å². The smallest absolute Gasteiger partial charge is 0.410 e. The molecule has 2 aliphatic heterocycles. The molecule has 11 nitrogen and oxygen atoms in total. The number of fused-ring (bicyclic) bond motifs is 3. The Morgan fingerprint density at radius 3 is 2.32 bits per heavy atom. The average molecular weight is 1050 g/mol. The molecule has 75 heavy (non-hydrogen) atoms. The lowest BCUT2D eigenvalue weighted by molar-refractivity contribution is -0.256. The lowest BCUT2D eigenvalue weighted by atomic mass is 9.55. The maximum absolute atomic E-state index is 15.4. The lowest BCUT2D eigenvalue weighted by Gasteiger charge is -2.60. The van der Waals surface area contributed by atoms with Crippen LogP contribution in [0.4, 0.5) is 4.79 Å². The van der Waals surface area contributed by atoms with Gasteiger partial charge in [-0.05, 0) is 127 Å². The zero-order valence-electron chi connectivity index (χ0n) is 44.8. The molecule has 1 amide bonds. The number of allylic oxidation sites excluding steroid dienone is 1. The molecule has 4 aliphatic rings. The van der Waals surface area contributed by atoms with E-state index in [4.69, 9.17) is 33.7 Å². The van der Waals surface area contributed by atoms with Crippen molar-refractivity contribution in [3.63, 3.8) is 0 Å². The van der Waals surface area contributed by atoms with Crippen LogP contribution in [0.25, 0.3) is 10.8 Å². The second-order valence-corrected chi connectivity index (χ2v) is 21.9. The second kappa shape index (κ2) is 29.0. The molecule has 4 aromatic carbocycles. The highest BCUT2D eigenvalue weighted by atomic mass is 32.2. The number of thioether (sulfide) groups is 1. The Labute approximate surface area is 451 Å². The van der Waals surface area contributed by atoms with E-state index in [1.807, 2.05) is 41.3 Å². The van der Waals surface area contributed by atoms with E-state index in [1.54, 1.807) is 17.8 Å². The van der Waals surface area contributed by atoms with Crippen LogP contribution in [0.2, 0.25) is 0 Å². The minimum atomic E-state index is -1.46. The molecule has 0 radical (unpaired) electrons. The number of amides is 1. The summed E-state index contributed by atoms with van der Waals surface area (Å²) in [5.74, 6) is 0.0215. The van der Waals surface area contributed by atoms with Gasteiger partial charge in [0.2, 0.25) is 12.1 Å². The van der Waals surface area contributed by atoms with Crippen LogP contribution in [-0.2, 0) is 25.6 Å². The Kier molecular flexibility index (Phi) is 21.8. The van der Waals surface area contributed by atoms with Crippen molar-refractivity contribution >= 4 is 34.3 Å². The summed E-state index contributed by atoms with van der Waals surface area (Å²) in [5, 5.41) is 27.5. The van der Waals surface area contributed by atoms with Crippen LogP contribution in [0, 0.1) is 17.8 Å². The van der Waals surface area contributed by atoms with Crippen molar-refractivity contribution in [2.75, 3.05) is 39.3 Å². The van der Waals surface area contributed by atoms with E-state index < -0.39 is 30.1 Å². The van der Waals surface area contributed by atoms with Gasteiger partial charge in [-0.25, -0.2) is 4.79 Å². The molecule has 2 heterocycles. The molecule has 0 aromatic heterocycles. The van der Waals surface area contributed by atoms with E-state index in [0.29, 0.717) is 37.6 Å². The van der Waals surface area contributed by atoms with Crippen LogP contribution in [-0.4, -0.2) is 84.3 Å². The number of nitrogens with zero attached hydrogens (tertiary/aromatic N) is 2. The van der Waals surface area contributed by atoms with Crippen molar-refractivity contribution in [2.45, 2.75) is 171 Å². The Morgan fingerprint density at radius 1 is 0.853 bits per heavy atom. The Bertz CT molecular complexity index is 2470. The van der Waals surface area contributed by atoms with Crippen molar-refractivity contribution in [1.82, 2.24) is 4.90 Å². The number of hydrogen-bond acceptors (Lipinski definition) is 11. The number of rotatable bonds is 30.